The van der Waals surface area contributed by atoms with Gasteiger partial charge in [-0.05, 0) is 40.0 Å². The SMILES string of the molecule is C=C1[C@@](C)(CCC=C(C)C)O[C@H]2CC(=O)O[C@@]12CC. The van der Waals surface area contributed by atoms with E-state index >= 15 is 0 Å². The first-order valence-corrected chi connectivity index (χ1v) is 7.07. The fourth-order valence-electron chi connectivity index (χ4n) is 3.21. The molecule has 106 valence electrons. The highest BCUT2D eigenvalue weighted by Gasteiger charge is 2.62. The summed E-state index contributed by atoms with van der Waals surface area (Å²) in [4.78, 5) is 11.5. The van der Waals surface area contributed by atoms with Gasteiger partial charge in [-0.2, -0.15) is 0 Å². The maximum Gasteiger partial charge on any atom is 0.309 e. The van der Waals surface area contributed by atoms with Crippen molar-refractivity contribution in [3.8, 4) is 0 Å². The first-order chi connectivity index (χ1) is 8.84. The Morgan fingerprint density at radius 2 is 2.21 bits per heavy atom. The van der Waals surface area contributed by atoms with Gasteiger partial charge in [0.15, 0.2) is 5.60 Å². The molecule has 0 saturated carbocycles. The van der Waals surface area contributed by atoms with E-state index in [0.29, 0.717) is 6.42 Å². The van der Waals surface area contributed by atoms with Crippen molar-refractivity contribution in [1.29, 1.82) is 0 Å². The van der Waals surface area contributed by atoms with Gasteiger partial charge in [-0.3, -0.25) is 4.79 Å². The predicted octanol–water partition coefficient (Wildman–Crippen LogP) is 3.54. The Morgan fingerprint density at radius 3 is 2.74 bits per heavy atom. The maximum absolute atomic E-state index is 11.5. The molecule has 2 heterocycles. The molecule has 3 heteroatoms. The van der Waals surface area contributed by atoms with Crippen LogP contribution in [-0.2, 0) is 14.3 Å². The summed E-state index contributed by atoms with van der Waals surface area (Å²) in [5.74, 6) is -0.167. The molecule has 2 aliphatic heterocycles. The molecule has 0 bridgehead atoms. The molecule has 3 nitrogen and oxygen atoms in total. The Kier molecular flexibility index (Phi) is 3.61. The van der Waals surface area contributed by atoms with E-state index in [1.165, 1.54) is 5.57 Å². The quantitative estimate of drug-likeness (QED) is 0.575. The van der Waals surface area contributed by atoms with Crippen molar-refractivity contribution in [3.63, 3.8) is 0 Å². The van der Waals surface area contributed by atoms with Crippen LogP contribution in [0.25, 0.3) is 0 Å². The predicted molar refractivity (Wildman–Crippen MR) is 74.8 cm³/mol. The highest BCUT2D eigenvalue weighted by atomic mass is 16.6. The van der Waals surface area contributed by atoms with Crippen molar-refractivity contribution in [1.82, 2.24) is 0 Å². The molecule has 0 radical (unpaired) electrons. The van der Waals surface area contributed by atoms with Crippen LogP contribution in [0.5, 0.6) is 0 Å². The van der Waals surface area contributed by atoms with Crippen molar-refractivity contribution >= 4 is 5.97 Å². The number of ether oxygens (including phenoxy) is 2. The molecule has 2 aliphatic rings. The van der Waals surface area contributed by atoms with Crippen molar-refractivity contribution in [2.75, 3.05) is 0 Å². The lowest BCUT2D eigenvalue weighted by Crippen LogP contribution is -2.37. The standard InChI is InChI=1S/C16H24O3/c1-6-16-12(4)15(5,9-7-8-11(2)3)18-13(16)10-14(17)19-16/h8,13H,4,6-7,9-10H2,1-3,5H3/t13-,15+,16-/m0/s1. The highest BCUT2D eigenvalue weighted by molar-refractivity contribution is 5.75. The Labute approximate surface area is 115 Å². The summed E-state index contributed by atoms with van der Waals surface area (Å²) in [6, 6.07) is 0. The zero-order valence-electron chi connectivity index (χ0n) is 12.4. The smallest absolute Gasteiger partial charge is 0.309 e. The van der Waals surface area contributed by atoms with E-state index in [1.54, 1.807) is 0 Å². The molecule has 0 N–H and O–H groups in total. The second kappa shape index (κ2) is 4.78. The molecule has 0 aromatic heterocycles. The van der Waals surface area contributed by atoms with E-state index in [0.717, 1.165) is 24.8 Å². The summed E-state index contributed by atoms with van der Waals surface area (Å²) in [6.07, 6.45) is 4.98. The van der Waals surface area contributed by atoms with Crippen LogP contribution >= 0.6 is 0 Å². The van der Waals surface area contributed by atoms with Gasteiger partial charge in [-0.25, -0.2) is 0 Å². The summed E-state index contributed by atoms with van der Waals surface area (Å²) in [7, 11) is 0. The van der Waals surface area contributed by atoms with Crippen LogP contribution < -0.4 is 0 Å². The van der Waals surface area contributed by atoms with Crippen molar-refractivity contribution < 1.29 is 14.3 Å². The second-order valence-corrected chi connectivity index (χ2v) is 6.06. The Hall–Kier alpha value is -1.09. The Bertz CT molecular complexity index is 433. The molecule has 2 rings (SSSR count). The first-order valence-electron chi connectivity index (χ1n) is 7.07. The fourth-order valence-corrected chi connectivity index (χ4v) is 3.21. The fraction of sp³-hybridized carbons (Fsp3) is 0.688. The molecule has 2 fully saturated rings. The third-order valence-corrected chi connectivity index (χ3v) is 4.42. The zero-order chi connectivity index (χ0) is 14.3. The lowest BCUT2D eigenvalue weighted by Gasteiger charge is -2.30. The molecule has 2 saturated heterocycles. The van der Waals surface area contributed by atoms with Gasteiger partial charge in [0.05, 0.1) is 12.0 Å². The number of carbonyl (C=O) groups excluding carboxylic acids is 1. The summed E-state index contributed by atoms with van der Waals surface area (Å²) in [5.41, 5.74) is 1.27. The molecule has 0 aromatic carbocycles. The topological polar surface area (TPSA) is 35.5 Å². The third kappa shape index (κ3) is 2.25. The molecule has 0 spiro atoms. The monoisotopic (exact) mass is 264 g/mol. The van der Waals surface area contributed by atoms with Crippen LogP contribution in [0.2, 0.25) is 0 Å². The Balaban J connectivity index is 2.17. The highest BCUT2D eigenvalue weighted by Crippen LogP contribution is 2.52. The summed E-state index contributed by atoms with van der Waals surface area (Å²) >= 11 is 0. The Morgan fingerprint density at radius 1 is 1.53 bits per heavy atom. The summed E-state index contributed by atoms with van der Waals surface area (Å²) in [6.45, 7) is 12.5. The number of hydrogen-bond acceptors (Lipinski definition) is 3. The molecular formula is C16H24O3. The zero-order valence-corrected chi connectivity index (χ0v) is 12.4. The van der Waals surface area contributed by atoms with Crippen LogP contribution in [0, 0.1) is 0 Å². The van der Waals surface area contributed by atoms with Gasteiger partial charge in [-0.1, -0.05) is 25.2 Å². The van der Waals surface area contributed by atoms with Crippen LogP contribution in [-0.4, -0.2) is 23.3 Å². The molecule has 0 aromatic rings. The number of fused-ring (bicyclic) bond motifs is 1. The molecular weight excluding hydrogens is 240 g/mol. The van der Waals surface area contributed by atoms with Gasteiger partial charge in [-0.15, -0.1) is 0 Å². The van der Waals surface area contributed by atoms with Crippen LogP contribution in [0.4, 0.5) is 0 Å². The van der Waals surface area contributed by atoms with E-state index in [1.807, 2.05) is 6.92 Å². The van der Waals surface area contributed by atoms with Crippen LogP contribution in [0.3, 0.4) is 0 Å². The van der Waals surface area contributed by atoms with Gasteiger partial charge in [0.1, 0.15) is 6.10 Å². The molecule has 0 aliphatic carbocycles. The van der Waals surface area contributed by atoms with Crippen molar-refractivity contribution in [2.45, 2.75) is 70.7 Å². The van der Waals surface area contributed by atoms with E-state index in [9.17, 15) is 4.79 Å². The maximum atomic E-state index is 11.5. The van der Waals surface area contributed by atoms with Crippen LogP contribution in [0.1, 0.15) is 53.4 Å². The lowest BCUT2D eigenvalue weighted by atomic mass is 9.80. The summed E-state index contributed by atoms with van der Waals surface area (Å²) in [5, 5.41) is 0. The number of carbonyl (C=O) groups is 1. The largest absolute Gasteiger partial charge is 0.452 e. The van der Waals surface area contributed by atoms with E-state index in [2.05, 4.69) is 33.4 Å². The van der Waals surface area contributed by atoms with Crippen molar-refractivity contribution in [3.05, 3.63) is 23.8 Å². The van der Waals surface area contributed by atoms with Gasteiger partial charge in [0.2, 0.25) is 0 Å². The number of allylic oxidation sites excluding steroid dienone is 2. The van der Waals surface area contributed by atoms with Crippen molar-refractivity contribution in [2.24, 2.45) is 0 Å². The van der Waals surface area contributed by atoms with E-state index in [4.69, 9.17) is 9.47 Å². The lowest BCUT2D eigenvalue weighted by molar-refractivity contribution is -0.146. The van der Waals surface area contributed by atoms with Gasteiger partial charge >= 0.3 is 5.97 Å². The third-order valence-electron chi connectivity index (χ3n) is 4.42. The normalized spacial score (nSPS) is 37.2. The number of esters is 1. The number of hydrogen-bond donors (Lipinski definition) is 0. The average Bonchev–Trinajstić information content (AvgIpc) is 2.72. The van der Waals surface area contributed by atoms with Gasteiger partial charge in [0, 0.05) is 5.57 Å². The van der Waals surface area contributed by atoms with Gasteiger partial charge < -0.3 is 9.47 Å². The average molecular weight is 264 g/mol. The van der Waals surface area contributed by atoms with Gasteiger partial charge in [0.25, 0.3) is 0 Å². The molecule has 3 atom stereocenters. The molecule has 0 amide bonds. The first kappa shape index (κ1) is 14.3. The minimum atomic E-state index is -0.587. The minimum absolute atomic E-state index is 0.158. The molecule has 0 unspecified atom stereocenters. The number of rotatable bonds is 4. The van der Waals surface area contributed by atoms with Crippen LogP contribution in [0.15, 0.2) is 23.8 Å². The van der Waals surface area contributed by atoms with E-state index < -0.39 is 5.60 Å². The molecule has 19 heavy (non-hydrogen) atoms. The van der Waals surface area contributed by atoms with E-state index in [-0.39, 0.29) is 17.7 Å². The second-order valence-electron chi connectivity index (χ2n) is 6.06. The minimum Gasteiger partial charge on any atom is -0.452 e. The summed E-state index contributed by atoms with van der Waals surface area (Å²) < 4.78 is 11.7.